The molecule has 0 amide bonds. The van der Waals surface area contributed by atoms with Crippen LogP contribution in [0, 0.1) is 0 Å². The molecule has 1 aromatic carbocycles. The summed E-state index contributed by atoms with van der Waals surface area (Å²) in [6.45, 7) is 1.98. The molecule has 0 aromatic heterocycles. The van der Waals surface area contributed by atoms with Gasteiger partial charge in [-0.05, 0) is 31.9 Å². The van der Waals surface area contributed by atoms with Crippen molar-refractivity contribution in [2.24, 2.45) is 0 Å². The van der Waals surface area contributed by atoms with Crippen molar-refractivity contribution in [2.75, 3.05) is 0 Å². The molecular weight excluding hydrogens is 204 g/mol. The van der Waals surface area contributed by atoms with Gasteiger partial charge in [-0.2, -0.15) is 0 Å². The minimum atomic E-state index is -0.487. The lowest BCUT2D eigenvalue weighted by Gasteiger charge is -2.36. The van der Waals surface area contributed by atoms with Gasteiger partial charge in [0.25, 0.3) is 0 Å². The lowest BCUT2D eigenvalue weighted by atomic mass is 9.86. The molecule has 0 radical (unpaired) electrons. The van der Waals surface area contributed by atoms with Gasteiger partial charge in [0.1, 0.15) is 0 Å². The molecule has 1 aliphatic carbocycles. The van der Waals surface area contributed by atoms with E-state index >= 15 is 0 Å². The molecule has 2 heteroatoms. The highest BCUT2D eigenvalue weighted by Crippen LogP contribution is 2.39. The van der Waals surface area contributed by atoms with Crippen LogP contribution in [-0.2, 0) is 0 Å². The Bertz CT molecular complexity index is 308. The third kappa shape index (κ3) is 2.76. The SMILES string of the molecule is CC1(O)CCCCC1Sc1ccccc1. The molecule has 0 heterocycles. The minimum absolute atomic E-state index is 0.355. The second-order valence-corrected chi connectivity index (χ2v) is 5.80. The van der Waals surface area contributed by atoms with Gasteiger partial charge < -0.3 is 5.11 Å². The lowest BCUT2D eigenvalue weighted by Crippen LogP contribution is -2.39. The molecular formula is C13H18OS. The average molecular weight is 222 g/mol. The van der Waals surface area contributed by atoms with Crippen LogP contribution in [0.15, 0.2) is 35.2 Å². The normalized spacial score (nSPS) is 31.5. The van der Waals surface area contributed by atoms with Crippen molar-refractivity contribution in [3.05, 3.63) is 30.3 Å². The number of thioether (sulfide) groups is 1. The van der Waals surface area contributed by atoms with E-state index in [4.69, 9.17) is 0 Å². The number of benzene rings is 1. The topological polar surface area (TPSA) is 20.2 Å². The van der Waals surface area contributed by atoms with Crippen molar-refractivity contribution in [3.8, 4) is 0 Å². The second-order valence-electron chi connectivity index (χ2n) is 4.52. The predicted molar refractivity (Wildman–Crippen MR) is 65.2 cm³/mol. The lowest BCUT2D eigenvalue weighted by molar-refractivity contribution is 0.0291. The maximum absolute atomic E-state index is 10.3. The molecule has 0 aliphatic heterocycles. The standard InChI is InChI=1S/C13H18OS/c1-13(14)10-6-5-9-12(13)15-11-7-3-2-4-8-11/h2-4,7-8,12,14H,5-6,9-10H2,1H3. The first kappa shape index (κ1) is 11.0. The maximum Gasteiger partial charge on any atom is 0.0741 e. The molecule has 1 N–H and O–H groups in total. The van der Waals surface area contributed by atoms with Crippen LogP contribution in [0.4, 0.5) is 0 Å². The van der Waals surface area contributed by atoms with E-state index in [0.717, 1.165) is 12.8 Å². The number of aliphatic hydroxyl groups is 1. The number of rotatable bonds is 2. The monoisotopic (exact) mass is 222 g/mol. The summed E-state index contributed by atoms with van der Waals surface area (Å²) in [6.07, 6.45) is 4.49. The minimum Gasteiger partial charge on any atom is -0.389 e. The zero-order valence-corrected chi connectivity index (χ0v) is 9.96. The van der Waals surface area contributed by atoms with Gasteiger partial charge in [-0.15, -0.1) is 11.8 Å². The summed E-state index contributed by atoms with van der Waals surface area (Å²) in [5.41, 5.74) is -0.487. The molecule has 2 unspecified atom stereocenters. The molecule has 1 nitrogen and oxygen atoms in total. The van der Waals surface area contributed by atoms with Crippen LogP contribution >= 0.6 is 11.8 Å². The van der Waals surface area contributed by atoms with Crippen LogP contribution in [0.25, 0.3) is 0 Å². The first-order valence-electron chi connectivity index (χ1n) is 5.62. The van der Waals surface area contributed by atoms with E-state index in [-0.39, 0.29) is 0 Å². The van der Waals surface area contributed by atoms with E-state index in [2.05, 4.69) is 24.3 Å². The van der Waals surface area contributed by atoms with Crippen LogP contribution in [0.1, 0.15) is 32.6 Å². The van der Waals surface area contributed by atoms with Crippen molar-refractivity contribution in [2.45, 2.75) is 48.4 Å². The molecule has 1 saturated carbocycles. The highest BCUT2D eigenvalue weighted by molar-refractivity contribution is 8.00. The van der Waals surface area contributed by atoms with Gasteiger partial charge in [0, 0.05) is 10.1 Å². The van der Waals surface area contributed by atoms with Gasteiger partial charge in [-0.25, -0.2) is 0 Å². The Labute approximate surface area is 95.9 Å². The fourth-order valence-electron chi connectivity index (χ4n) is 2.13. The largest absolute Gasteiger partial charge is 0.389 e. The van der Waals surface area contributed by atoms with E-state index < -0.39 is 5.60 Å². The first-order chi connectivity index (χ1) is 7.18. The molecule has 2 atom stereocenters. The first-order valence-corrected chi connectivity index (χ1v) is 6.50. The van der Waals surface area contributed by atoms with Gasteiger partial charge in [0.05, 0.1) is 5.60 Å². The fourth-order valence-corrected chi connectivity index (χ4v) is 3.43. The summed E-state index contributed by atoms with van der Waals surface area (Å²) >= 11 is 1.82. The highest BCUT2D eigenvalue weighted by atomic mass is 32.2. The number of hydrogen-bond donors (Lipinski definition) is 1. The highest BCUT2D eigenvalue weighted by Gasteiger charge is 2.34. The van der Waals surface area contributed by atoms with Crippen LogP contribution in [0.2, 0.25) is 0 Å². The summed E-state index contributed by atoms with van der Waals surface area (Å²) in [4.78, 5) is 1.27. The van der Waals surface area contributed by atoms with Gasteiger partial charge in [-0.1, -0.05) is 31.0 Å². The second kappa shape index (κ2) is 4.58. The van der Waals surface area contributed by atoms with Crippen LogP contribution in [-0.4, -0.2) is 16.0 Å². The Morgan fingerprint density at radius 3 is 2.67 bits per heavy atom. The van der Waals surface area contributed by atoms with Crippen LogP contribution in [0.5, 0.6) is 0 Å². The predicted octanol–water partition coefficient (Wildman–Crippen LogP) is 3.47. The zero-order valence-electron chi connectivity index (χ0n) is 9.15. The summed E-state index contributed by atoms with van der Waals surface area (Å²) in [6, 6.07) is 10.4. The molecule has 1 aliphatic rings. The Morgan fingerprint density at radius 1 is 1.27 bits per heavy atom. The van der Waals surface area contributed by atoms with E-state index in [0.29, 0.717) is 5.25 Å². The third-order valence-corrected chi connectivity index (χ3v) is 4.69. The summed E-state index contributed by atoms with van der Waals surface area (Å²) in [5, 5.41) is 10.6. The van der Waals surface area contributed by atoms with Crippen molar-refractivity contribution < 1.29 is 5.11 Å². The Kier molecular flexibility index (Phi) is 3.37. The third-order valence-electron chi connectivity index (χ3n) is 3.11. The van der Waals surface area contributed by atoms with E-state index in [9.17, 15) is 5.11 Å². The van der Waals surface area contributed by atoms with Crippen molar-refractivity contribution in [1.29, 1.82) is 0 Å². The Balaban J connectivity index is 2.05. The Hall–Kier alpha value is -0.470. The molecule has 0 saturated heterocycles. The number of hydrogen-bond acceptors (Lipinski definition) is 2. The van der Waals surface area contributed by atoms with Gasteiger partial charge in [0.15, 0.2) is 0 Å². The molecule has 82 valence electrons. The van der Waals surface area contributed by atoms with E-state index in [1.54, 1.807) is 0 Å². The van der Waals surface area contributed by atoms with Gasteiger partial charge >= 0.3 is 0 Å². The smallest absolute Gasteiger partial charge is 0.0741 e. The summed E-state index contributed by atoms with van der Waals surface area (Å²) in [5.74, 6) is 0. The summed E-state index contributed by atoms with van der Waals surface area (Å²) < 4.78 is 0. The van der Waals surface area contributed by atoms with Gasteiger partial charge in [0.2, 0.25) is 0 Å². The fraction of sp³-hybridized carbons (Fsp3) is 0.538. The quantitative estimate of drug-likeness (QED) is 0.826. The van der Waals surface area contributed by atoms with Crippen molar-refractivity contribution in [1.82, 2.24) is 0 Å². The van der Waals surface area contributed by atoms with E-state index in [1.165, 1.54) is 17.7 Å². The molecule has 1 fully saturated rings. The molecule has 15 heavy (non-hydrogen) atoms. The van der Waals surface area contributed by atoms with Crippen molar-refractivity contribution >= 4 is 11.8 Å². The van der Waals surface area contributed by atoms with E-state index in [1.807, 2.05) is 24.8 Å². The van der Waals surface area contributed by atoms with Gasteiger partial charge in [-0.3, -0.25) is 0 Å². The maximum atomic E-state index is 10.3. The van der Waals surface area contributed by atoms with Crippen LogP contribution in [0.3, 0.4) is 0 Å². The zero-order chi connectivity index (χ0) is 10.7. The molecule has 1 aromatic rings. The molecule has 0 spiro atoms. The van der Waals surface area contributed by atoms with Crippen LogP contribution < -0.4 is 0 Å². The Morgan fingerprint density at radius 2 is 2.00 bits per heavy atom. The van der Waals surface area contributed by atoms with Crippen molar-refractivity contribution in [3.63, 3.8) is 0 Å². The average Bonchev–Trinajstić information content (AvgIpc) is 2.23. The molecule has 2 rings (SSSR count). The summed E-state index contributed by atoms with van der Waals surface area (Å²) in [7, 11) is 0. The molecule has 0 bridgehead atoms.